The minimum Gasteiger partial charge on any atom is -0.347 e. The summed E-state index contributed by atoms with van der Waals surface area (Å²) in [4.78, 5) is 24.3. The van der Waals surface area contributed by atoms with Crippen molar-refractivity contribution in [3.05, 3.63) is 72.1 Å². The Hall–Kier alpha value is -1.56. The number of rotatable bonds is 8. The van der Waals surface area contributed by atoms with Crippen LogP contribution in [-0.4, -0.2) is 30.6 Å². The van der Waals surface area contributed by atoms with Gasteiger partial charge >= 0.3 is 12.4 Å². The van der Waals surface area contributed by atoms with Crippen molar-refractivity contribution in [1.82, 2.24) is 5.32 Å². The first-order valence-electron chi connectivity index (χ1n) is 10.1. The Morgan fingerprint density at radius 1 is 1.03 bits per heavy atom. The van der Waals surface area contributed by atoms with Crippen LogP contribution in [-0.2, 0) is 4.79 Å². The van der Waals surface area contributed by atoms with Crippen LogP contribution in [0.3, 0.4) is 0 Å². The molecule has 13 heteroatoms. The molecule has 0 aliphatic carbocycles. The molecule has 1 unspecified atom stereocenters. The second-order valence-corrected chi connectivity index (χ2v) is 10.2. The van der Waals surface area contributed by atoms with Crippen LogP contribution in [0, 0.1) is 5.92 Å². The summed E-state index contributed by atoms with van der Waals surface area (Å²) < 4.78 is 78.5. The standard InChI is InChI=1S/C23H17Br2Cl2F6NO2/c1-11(21(36)34-10-22(28,29)30)6-19(35)14-4-2-12(7-16(14)24)3-5-15(23(31,32)33)13-8-17(26)20(25)18(27)9-13/h2-5,7-9,11,15H,6,10H2,1H3,(H,34,36)/b5-3+/t11-,15?/m0/s1. The van der Waals surface area contributed by atoms with Crippen molar-refractivity contribution in [2.45, 2.75) is 31.6 Å². The molecule has 0 bridgehead atoms. The highest BCUT2D eigenvalue weighted by Crippen LogP contribution is 2.41. The van der Waals surface area contributed by atoms with Crippen LogP contribution < -0.4 is 5.32 Å². The summed E-state index contributed by atoms with van der Waals surface area (Å²) in [5.74, 6) is -4.50. The second-order valence-electron chi connectivity index (χ2n) is 7.78. The van der Waals surface area contributed by atoms with E-state index in [1.165, 1.54) is 31.2 Å². The first kappa shape index (κ1) is 30.7. The van der Waals surface area contributed by atoms with Gasteiger partial charge in [0.1, 0.15) is 6.54 Å². The van der Waals surface area contributed by atoms with Gasteiger partial charge in [0.15, 0.2) is 5.78 Å². The molecule has 196 valence electrons. The van der Waals surface area contributed by atoms with Gasteiger partial charge in [0.05, 0.1) is 20.4 Å². The monoisotopic (exact) mass is 681 g/mol. The first-order valence-corrected chi connectivity index (χ1v) is 12.4. The van der Waals surface area contributed by atoms with Crippen LogP contribution >= 0.6 is 55.1 Å². The summed E-state index contributed by atoms with van der Waals surface area (Å²) in [6.07, 6.45) is -7.45. The molecule has 1 amide bonds. The maximum atomic E-state index is 13.7. The van der Waals surface area contributed by atoms with E-state index in [1.807, 2.05) is 0 Å². The molecular formula is C23H17Br2Cl2F6NO2. The number of halogens is 10. The Morgan fingerprint density at radius 3 is 2.11 bits per heavy atom. The van der Waals surface area contributed by atoms with E-state index < -0.39 is 42.4 Å². The van der Waals surface area contributed by atoms with Gasteiger partial charge < -0.3 is 5.32 Å². The molecular weight excluding hydrogens is 667 g/mol. The minimum atomic E-state index is -4.65. The van der Waals surface area contributed by atoms with E-state index in [9.17, 15) is 35.9 Å². The predicted octanol–water partition coefficient (Wildman–Crippen LogP) is 8.77. The number of hydrogen-bond acceptors (Lipinski definition) is 2. The number of carbonyl (C=O) groups is 2. The van der Waals surface area contributed by atoms with E-state index in [2.05, 4.69) is 31.9 Å². The molecule has 0 heterocycles. The van der Waals surface area contributed by atoms with Crippen molar-refractivity contribution in [1.29, 1.82) is 0 Å². The van der Waals surface area contributed by atoms with Gasteiger partial charge in [0, 0.05) is 22.4 Å². The van der Waals surface area contributed by atoms with E-state index in [0.717, 1.165) is 18.2 Å². The maximum absolute atomic E-state index is 13.7. The number of amides is 1. The third-order valence-electron chi connectivity index (χ3n) is 4.89. The van der Waals surface area contributed by atoms with E-state index in [-0.39, 0.29) is 36.5 Å². The molecule has 36 heavy (non-hydrogen) atoms. The van der Waals surface area contributed by atoms with E-state index >= 15 is 0 Å². The fourth-order valence-corrected chi connectivity index (χ4v) is 4.43. The Morgan fingerprint density at radius 2 is 1.61 bits per heavy atom. The second kappa shape index (κ2) is 12.3. The normalized spacial score (nSPS) is 14.1. The van der Waals surface area contributed by atoms with Gasteiger partial charge in [0.25, 0.3) is 0 Å². The van der Waals surface area contributed by atoms with Gasteiger partial charge in [-0.15, -0.1) is 0 Å². The molecule has 2 rings (SSSR count). The number of Topliss-reactive ketones (excluding diaryl/α,β-unsaturated/α-hetero) is 1. The highest BCUT2D eigenvalue weighted by atomic mass is 79.9. The number of allylic oxidation sites excluding steroid dienone is 1. The summed E-state index contributed by atoms with van der Waals surface area (Å²) in [5, 5.41) is 1.76. The fraction of sp³-hybridized carbons (Fsp3) is 0.304. The summed E-state index contributed by atoms with van der Waals surface area (Å²) in [7, 11) is 0. The number of nitrogens with one attached hydrogen (secondary N) is 1. The zero-order valence-corrected chi connectivity index (χ0v) is 22.9. The SMILES string of the molecule is C[C@@H](CC(=O)c1ccc(/C=C/C(c2cc(Cl)c(Br)c(Cl)c2)C(F)(F)F)cc1Br)C(=O)NCC(F)(F)F. The van der Waals surface area contributed by atoms with Gasteiger partial charge in [-0.2, -0.15) is 26.3 Å². The molecule has 0 fully saturated rings. The molecule has 0 aliphatic heterocycles. The van der Waals surface area contributed by atoms with Crippen molar-refractivity contribution in [2.75, 3.05) is 6.54 Å². The van der Waals surface area contributed by atoms with Gasteiger partial charge in [-0.05, 0) is 51.3 Å². The molecule has 0 saturated heterocycles. The van der Waals surface area contributed by atoms with Gasteiger partial charge in [-0.1, -0.05) is 64.3 Å². The molecule has 2 atom stereocenters. The third kappa shape index (κ3) is 8.78. The average Bonchev–Trinajstić information content (AvgIpc) is 2.74. The number of carbonyl (C=O) groups excluding carboxylic acids is 2. The highest BCUT2D eigenvalue weighted by molar-refractivity contribution is 9.11. The lowest BCUT2D eigenvalue weighted by molar-refractivity contribution is -0.140. The molecule has 0 aliphatic rings. The van der Waals surface area contributed by atoms with E-state index in [1.54, 1.807) is 5.32 Å². The maximum Gasteiger partial charge on any atom is 0.405 e. The summed E-state index contributed by atoms with van der Waals surface area (Å²) in [6.45, 7) is -0.195. The Balaban J connectivity index is 2.19. The van der Waals surface area contributed by atoms with Crippen LogP contribution in [0.4, 0.5) is 26.3 Å². The summed E-state index contributed by atoms with van der Waals surface area (Å²) in [5.41, 5.74) is 0.292. The zero-order chi connectivity index (χ0) is 27.4. The van der Waals surface area contributed by atoms with Crippen molar-refractivity contribution in [3.8, 4) is 0 Å². The summed E-state index contributed by atoms with van der Waals surface area (Å²) >= 11 is 18.2. The molecule has 0 aromatic heterocycles. The number of ketones is 1. The average molecular weight is 684 g/mol. The number of hydrogen-bond donors (Lipinski definition) is 1. The first-order chi connectivity index (χ1) is 16.5. The Bertz CT molecular complexity index is 1150. The van der Waals surface area contributed by atoms with Crippen molar-refractivity contribution in [2.24, 2.45) is 5.92 Å². The highest BCUT2D eigenvalue weighted by Gasteiger charge is 2.39. The van der Waals surface area contributed by atoms with Crippen LogP contribution in [0.1, 0.15) is 40.7 Å². The van der Waals surface area contributed by atoms with Crippen molar-refractivity contribution in [3.63, 3.8) is 0 Å². The topological polar surface area (TPSA) is 46.2 Å². The largest absolute Gasteiger partial charge is 0.405 e. The minimum absolute atomic E-state index is 0.0204. The lowest BCUT2D eigenvalue weighted by atomic mass is 9.96. The Labute approximate surface area is 229 Å². The third-order valence-corrected chi connectivity index (χ3v) is 7.46. The van der Waals surface area contributed by atoms with E-state index in [4.69, 9.17) is 23.2 Å². The van der Waals surface area contributed by atoms with Crippen LogP contribution in [0.2, 0.25) is 10.0 Å². The van der Waals surface area contributed by atoms with Gasteiger partial charge in [-0.3, -0.25) is 9.59 Å². The zero-order valence-electron chi connectivity index (χ0n) is 18.2. The molecule has 1 N–H and O–H groups in total. The van der Waals surface area contributed by atoms with Crippen molar-refractivity contribution >= 4 is 72.8 Å². The molecule has 2 aromatic carbocycles. The number of alkyl halides is 6. The lowest BCUT2D eigenvalue weighted by Gasteiger charge is -2.18. The van der Waals surface area contributed by atoms with E-state index in [0.29, 0.717) is 5.56 Å². The fourth-order valence-electron chi connectivity index (χ4n) is 3.07. The van der Waals surface area contributed by atoms with Crippen molar-refractivity contribution < 1.29 is 35.9 Å². The van der Waals surface area contributed by atoms with Gasteiger partial charge in [-0.25, -0.2) is 0 Å². The quantitative estimate of drug-likeness (QED) is 0.172. The van der Waals surface area contributed by atoms with Crippen LogP contribution in [0.25, 0.3) is 6.08 Å². The molecule has 3 nitrogen and oxygen atoms in total. The smallest absolute Gasteiger partial charge is 0.347 e. The molecule has 0 spiro atoms. The predicted molar refractivity (Wildman–Crippen MR) is 133 cm³/mol. The van der Waals surface area contributed by atoms with Crippen LogP contribution in [0.15, 0.2) is 45.4 Å². The molecule has 0 radical (unpaired) electrons. The van der Waals surface area contributed by atoms with Gasteiger partial charge in [0.2, 0.25) is 5.91 Å². The lowest BCUT2D eigenvalue weighted by Crippen LogP contribution is -2.37. The Kier molecular flexibility index (Phi) is 10.5. The number of benzene rings is 2. The molecule has 2 aromatic rings. The molecule has 0 saturated carbocycles. The van der Waals surface area contributed by atoms with Crippen LogP contribution in [0.5, 0.6) is 0 Å². The summed E-state index contributed by atoms with van der Waals surface area (Å²) in [6, 6.07) is 6.47.